The lowest BCUT2D eigenvalue weighted by atomic mass is 9.93. The lowest BCUT2D eigenvalue weighted by Crippen LogP contribution is -2.52. The van der Waals surface area contributed by atoms with Crippen molar-refractivity contribution in [2.45, 2.75) is 31.7 Å². The Hall–Kier alpha value is -1.07. The number of thiophene rings is 1. The highest BCUT2D eigenvalue weighted by molar-refractivity contribution is 7.10. The van der Waals surface area contributed by atoms with E-state index in [-0.39, 0.29) is 6.03 Å². The number of urea groups is 1. The van der Waals surface area contributed by atoms with Crippen molar-refractivity contribution < 1.29 is 4.79 Å². The number of carbonyl (C=O) groups is 1. The maximum Gasteiger partial charge on any atom is 0.314 e. The van der Waals surface area contributed by atoms with Gasteiger partial charge in [-0.1, -0.05) is 13.0 Å². The van der Waals surface area contributed by atoms with Gasteiger partial charge >= 0.3 is 6.03 Å². The van der Waals surface area contributed by atoms with Gasteiger partial charge < -0.3 is 16.0 Å². The van der Waals surface area contributed by atoms with E-state index in [0.717, 1.165) is 32.5 Å². The molecule has 2 atom stereocenters. The fourth-order valence-electron chi connectivity index (χ4n) is 2.51. The molecule has 3 N–H and O–H groups in total. The highest BCUT2D eigenvalue weighted by Crippen LogP contribution is 2.30. The van der Waals surface area contributed by atoms with Crippen molar-refractivity contribution in [1.29, 1.82) is 0 Å². The lowest BCUT2D eigenvalue weighted by Gasteiger charge is -2.37. The monoisotopic (exact) mass is 267 g/mol. The second-order valence-corrected chi connectivity index (χ2v) is 5.82. The van der Waals surface area contributed by atoms with Gasteiger partial charge in [-0.2, -0.15) is 0 Å². The van der Waals surface area contributed by atoms with E-state index in [1.807, 2.05) is 0 Å². The summed E-state index contributed by atoms with van der Waals surface area (Å²) in [6.07, 6.45) is 2.20. The number of carbonyl (C=O) groups excluding carboxylic acids is 1. The summed E-state index contributed by atoms with van der Waals surface area (Å²) in [6, 6.07) is 4.27. The van der Waals surface area contributed by atoms with Crippen LogP contribution in [0.2, 0.25) is 0 Å². The van der Waals surface area contributed by atoms with Crippen LogP contribution in [-0.4, -0.2) is 36.6 Å². The Labute approximate surface area is 112 Å². The first-order chi connectivity index (χ1) is 8.70. The van der Waals surface area contributed by atoms with Crippen molar-refractivity contribution >= 4 is 17.4 Å². The van der Waals surface area contributed by atoms with Gasteiger partial charge in [-0.3, -0.25) is 0 Å². The van der Waals surface area contributed by atoms with Gasteiger partial charge in [0.05, 0.1) is 0 Å². The first kappa shape index (κ1) is 13.4. The number of piperidine rings is 1. The third-order valence-electron chi connectivity index (χ3n) is 3.39. The van der Waals surface area contributed by atoms with Gasteiger partial charge in [-0.15, -0.1) is 11.3 Å². The summed E-state index contributed by atoms with van der Waals surface area (Å²) in [5.41, 5.74) is 5.44. The summed E-state index contributed by atoms with van der Waals surface area (Å²) < 4.78 is 0. The van der Waals surface area contributed by atoms with Crippen molar-refractivity contribution in [2.75, 3.05) is 19.6 Å². The average molecular weight is 267 g/mol. The highest BCUT2D eigenvalue weighted by atomic mass is 32.1. The molecule has 2 unspecified atom stereocenters. The first-order valence-electron chi connectivity index (χ1n) is 6.52. The third kappa shape index (κ3) is 3.23. The Morgan fingerprint density at radius 1 is 1.61 bits per heavy atom. The zero-order chi connectivity index (χ0) is 13.0. The molecule has 0 saturated carbocycles. The minimum atomic E-state index is -0.306. The highest BCUT2D eigenvalue weighted by Gasteiger charge is 2.29. The number of likely N-dealkylation sites (tertiary alicyclic amines) is 1. The van der Waals surface area contributed by atoms with E-state index >= 15 is 0 Å². The molecule has 1 aliphatic rings. The Morgan fingerprint density at radius 3 is 3.06 bits per heavy atom. The molecule has 2 rings (SSSR count). The van der Waals surface area contributed by atoms with Gasteiger partial charge in [0.25, 0.3) is 0 Å². The maximum absolute atomic E-state index is 11.4. The third-order valence-corrected chi connectivity index (χ3v) is 4.43. The zero-order valence-corrected chi connectivity index (χ0v) is 11.6. The van der Waals surface area contributed by atoms with Crippen LogP contribution in [0.3, 0.4) is 0 Å². The molecule has 1 fully saturated rings. The number of nitrogens with one attached hydrogen (secondary N) is 1. The van der Waals surface area contributed by atoms with E-state index in [0.29, 0.717) is 12.0 Å². The number of amides is 2. The molecule has 0 aromatic carbocycles. The van der Waals surface area contributed by atoms with Gasteiger partial charge in [0, 0.05) is 29.9 Å². The zero-order valence-electron chi connectivity index (χ0n) is 10.8. The van der Waals surface area contributed by atoms with Crippen LogP contribution in [0, 0.1) is 0 Å². The van der Waals surface area contributed by atoms with Crippen LogP contribution in [0.4, 0.5) is 4.79 Å². The number of nitrogens with two attached hydrogens (primary N) is 1. The number of nitrogens with zero attached hydrogens (tertiary/aromatic N) is 1. The molecule has 0 aliphatic carbocycles. The quantitative estimate of drug-likeness (QED) is 0.876. The van der Waals surface area contributed by atoms with Crippen LogP contribution >= 0.6 is 11.3 Å². The van der Waals surface area contributed by atoms with Crippen LogP contribution in [0.1, 0.15) is 30.6 Å². The Bertz CT molecular complexity index is 380. The molecule has 100 valence electrons. The molecular formula is C13H21N3OS. The molecule has 1 aromatic heterocycles. The molecule has 5 heteroatoms. The van der Waals surface area contributed by atoms with E-state index in [4.69, 9.17) is 5.73 Å². The molecule has 0 bridgehead atoms. The van der Waals surface area contributed by atoms with Gasteiger partial charge in [0.2, 0.25) is 0 Å². The second-order valence-electron chi connectivity index (χ2n) is 4.84. The molecule has 1 aromatic rings. The normalized spacial score (nSPS) is 24.2. The van der Waals surface area contributed by atoms with Gasteiger partial charge in [-0.25, -0.2) is 4.79 Å². The number of hydrogen-bond acceptors (Lipinski definition) is 3. The molecule has 18 heavy (non-hydrogen) atoms. The summed E-state index contributed by atoms with van der Waals surface area (Å²) in [5.74, 6) is 0.417. The van der Waals surface area contributed by atoms with Crippen molar-refractivity contribution in [2.24, 2.45) is 5.73 Å². The minimum absolute atomic E-state index is 0.306. The molecule has 0 radical (unpaired) electrons. The van der Waals surface area contributed by atoms with Crippen LogP contribution < -0.4 is 11.1 Å². The SMILES string of the molecule is CCCNC1CC(c2cccs2)CN(C(N)=O)C1. The van der Waals surface area contributed by atoms with Crippen molar-refractivity contribution in [1.82, 2.24) is 10.2 Å². The molecular weight excluding hydrogens is 246 g/mol. The van der Waals surface area contributed by atoms with Crippen molar-refractivity contribution in [3.8, 4) is 0 Å². The second kappa shape index (κ2) is 6.20. The Balaban J connectivity index is 2.04. The first-order valence-corrected chi connectivity index (χ1v) is 7.39. The molecule has 0 spiro atoms. The van der Waals surface area contributed by atoms with Crippen LogP contribution in [0.5, 0.6) is 0 Å². The molecule has 1 saturated heterocycles. The number of hydrogen-bond donors (Lipinski definition) is 2. The fraction of sp³-hybridized carbons (Fsp3) is 0.615. The van der Waals surface area contributed by atoms with Gasteiger partial charge in [-0.05, 0) is 30.8 Å². The largest absolute Gasteiger partial charge is 0.351 e. The number of primary amides is 1. The average Bonchev–Trinajstić information content (AvgIpc) is 2.89. The predicted octanol–water partition coefficient (Wildman–Crippen LogP) is 1.98. The van der Waals surface area contributed by atoms with E-state index in [2.05, 4.69) is 29.8 Å². The summed E-state index contributed by atoms with van der Waals surface area (Å²) in [5, 5.41) is 5.59. The Morgan fingerprint density at radius 2 is 2.44 bits per heavy atom. The minimum Gasteiger partial charge on any atom is -0.351 e. The van der Waals surface area contributed by atoms with Gasteiger partial charge in [0.15, 0.2) is 0 Å². The summed E-state index contributed by atoms with van der Waals surface area (Å²) in [4.78, 5) is 14.5. The topological polar surface area (TPSA) is 58.4 Å². The van der Waals surface area contributed by atoms with Crippen molar-refractivity contribution in [3.63, 3.8) is 0 Å². The maximum atomic E-state index is 11.4. The van der Waals surface area contributed by atoms with Crippen LogP contribution in [-0.2, 0) is 0 Å². The summed E-state index contributed by atoms with van der Waals surface area (Å²) >= 11 is 1.76. The van der Waals surface area contributed by atoms with E-state index in [1.54, 1.807) is 16.2 Å². The standard InChI is InChI=1S/C13H21N3OS/c1-2-5-15-11-7-10(12-4-3-6-18-12)8-16(9-11)13(14)17/h3-4,6,10-11,15H,2,5,7-9H2,1H3,(H2,14,17). The molecule has 2 heterocycles. The summed E-state index contributed by atoms with van der Waals surface area (Å²) in [7, 11) is 0. The number of rotatable bonds is 4. The van der Waals surface area contributed by atoms with E-state index < -0.39 is 0 Å². The van der Waals surface area contributed by atoms with E-state index in [9.17, 15) is 4.79 Å². The van der Waals surface area contributed by atoms with Gasteiger partial charge in [0.1, 0.15) is 0 Å². The predicted molar refractivity (Wildman–Crippen MR) is 74.9 cm³/mol. The smallest absolute Gasteiger partial charge is 0.314 e. The van der Waals surface area contributed by atoms with E-state index in [1.165, 1.54) is 4.88 Å². The van der Waals surface area contributed by atoms with Crippen molar-refractivity contribution in [3.05, 3.63) is 22.4 Å². The summed E-state index contributed by atoms with van der Waals surface area (Å²) in [6.45, 7) is 4.63. The van der Waals surface area contributed by atoms with Crippen LogP contribution in [0.25, 0.3) is 0 Å². The molecule has 2 amide bonds. The lowest BCUT2D eigenvalue weighted by molar-refractivity contribution is 0.172. The van der Waals surface area contributed by atoms with Crippen LogP contribution in [0.15, 0.2) is 17.5 Å². The molecule has 4 nitrogen and oxygen atoms in total. The Kier molecular flexibility index (Phi) is 4.60. The fourth-order valence-corrected chi connectivity index (χ4v) is 3.34. The molecule has 1 aliphatic heterocycles.